The summed E-state index contributed by atoms with van der Waals surface area (Å²) in [5.74, 6) is -0.552. The van der Waals surface area contributed by atoms with E-state index in [1.54, 1.807) is 6.92 Å². The highest BCUT2D eigenvalue weighted by Crippen LogP contribution is 2.39. The van der Waals surface area contributed by atoms with Crippen LogP contribution in [-0.4, -0.2) is 22.1 Å². The van der Waals surface area contributed by atoms with Crippen LogP contribution in [0.5, 0.6) is 0 Å². The molecular weight excluding hydrogens is 350 g/mol. The van der Waals surface area contributed by atoms with Crippen LogP contribution in [0, 0.1) is 23.5 Å². The Balaban J connectivity index is 1.76. The molecule has 5 heteroatoms. The van der Waals surface area contributed by atoms with Crippen molar-refractivity contribution >= 4 is 5.78 Å². The third-order valence-electron chi connectivity index (χ3n) is 5.83. The first-order valence-electron chi connectivity index (χ1n) is 10.2. The van der Waals surface area contributed by atoms with Crippen molar-refractivity contribution in [3.63, 3.8) is 0 Å². The van der Waals surface area contributed by atoms with Crippen molar-refractivity contribution in [2.45, 2.75) is 83.3 Å². The molecule has 152 valence electrons. The molecule has 1 fully saturated rings. The van der Waals surface area contributed by atoms with Crippen molar-refractivity contribution < 1.29 is 23.8 Å². The van der Waals surface area contributed by atoms with E-state index in [0.717, 1.165) is 57.4 Å². The fourth-order valence-electron chi connectivity index (χ4n) is 4.33. The molecule has 0 bridgehead atoms. The van der Waals surface area contributed by atoms with Crippen molar-refractivity contribution in [2.75, 3.05) is 0 Å². The molecule has 2 N–H and O–H groups in total. The number of carbonyl (C=O) groups is 1. The van der Waals surface area contributed by atoms with E-state index < -0.39 is 17.7 Å². The molecule has 0 amide bonds. The molecule has 0 radical (unpaired) electrons. The third-order valence-corrected chi connectivity index (χ3v) is 5.83. The zero-order valence-electron chi connectivity index (χ0n) is 16.2. The quantitative estimate of drug-likeness (QED) is 0.524. The fraction of sp³-hybridized carbons (Fsp3) is 0.682. The zero-order valence-corrected chi connectivity index (χ0v) is 16.2. The molecule has 1 aliphatic rings. The second kappa shape index (κ2) is 10.9. The second-order valence-electron chi connectivity index (χ2n) is 8.02. The van der Waals surface area contributed by atoms with Crippen LogP contribution in [0.25, 0.3) is 0 Å². The topological polar surface area (TPSA) is 57.5 Å². The number of aliphatic hydroxyl groups excluding tert-OH is 2. The van der Waals surface area contributed by atoms with E-state index in [9.17, 15) is 23.8 Å². The monoisotopic (exact) mass is 382 g/mol. The molecule has 27 heavy (non-hydrogen) atoms. The van der Waals surface area contributed by atoms with Gasteiger partial charge >= 0.3 is 0 Å². The van der Waals surface area contributed by atoms with Crippen molar-refractivity contribution in [1.29, 1.82) is 0 Å². The Hall–Kier alpha value is -1.33. The van der Waals surface area contributed by atoms with Crippen LogP contribution in [0.15, 0.2) is 18.2 Å². The van der Waals surface area contributed by atoms with E-state index in [4.69, 9.17) is 0 Å². The average molecular weight is 382 g/mol. The first-order valence-corrected chi connectivity index (χ1v) is 10.2. The van der Waals surface area contributed by atoms with Gasteiger partial charge in [-0.05, 0) is 75.0 Å². The number of benzene rings is 1. The van der Waals surface area contributed by atoms with Crippen LogP contribution in [0.1, 0.15) is 82.8 Å². The standard InChI is InChI=1S/C22H32F2O3/c1-15(25)6-4-2-3-5-7-20-16(9-11-22(20)27)8-10-21(26)17-12-18(23)14-19(24)13-17/h12-14,16,20-22,26-27H,2-11H2,1H3. The van der Waals surface area contributed by atoms with Gasteiger partial charge in [-0.3, -0.25) is 0 Å². The molecule has 0 aromatic heterocycles. The van der Waals surface area contributed by atoms with E-state index in [2.05, 4.69) is 0 Å². The predicted octanol–water partition coefficient (Wildman–Crippen LogP) is 5.10. The summed E-state index contributed by atoms with van der Waals surface area (Å²) in [7, 11) is 0. The Morgan fingerprint density at radius 1 is 1.07 bits per heavy atom. The molecule has 1 aromatic rings. The number of aliphatic hydroxyl groups is 2. The number of halogens is 2. The molecule has 0 spiro atoms. The highest BCUT2D eigenvalue weighted by molar-refractivity contribution is 5.75. The molecular formula is C22H32F2O3. The summed E-state index contributed by atoms with van der Waals surface area (Å²) >= 11 is 0. The highest BCUT2D eigenvalue weighted by atomic mass is 19.1. The summed E-state index contributed by atoms with van der Waals surface area (Å²) in [6.07, 6.45) is 7.38. The molecule has 0 aliphatic heterocycles. The largest absolute Gasteiger partial charge is 0.393 e. The highest BCUT2D eigenvalue weighted by Gasteiger charge is 2.34. The summed E-state index contributed by atoms with van der Waals surface area (Å²) in [6, 6.07) is 3.15. The van der Waals surface area contributed by atoms with Gasteiger partial charge in [-0.1, -0.05) is 19.3 Å². The van der Waals surface area contributed by atoms with Crippen molar-refractivity contribution in [3.05, 3.63) is 35.4 Å². The Labute approximate surface area is 160 Å². The Morgan fingerprint density at radius 3 is 2.41 bits per heavy atom. The number of Topliss-reactive ketones (excluding diaryl/α,β-unsaturated/α-hetero) is 1. The number of rotatable bonds is 11. The number of carbonyl (C=O) groups excluding carboxylic acids is 1. The summed E-state index contributed by atoms with van der Waals surface area (Å²) in [4.78, 5) is 10.9. The van der Waals surface area contributed by atoms with E-state index >= 15 is 0 Å². The van der Waals surface area contributed by atoms with E-state index in [-0.39, 0.29) is 23.4 Å². The van der Waals surface area contributed by atoms with E-state index in [0.29, 0.717) is 18.8 Å². The van der Waals surface area contributed by atoms with Crippen LogP contribution < -0.4 is 0 Å². The summed E-state index contributed by atoms with van der Waals surface area (Å²) in [5, 5.41) is 20.6. The number of ketones is 1. The Bertz CT molecular complexity index is 585. The smallest absolute Gasteiger partial charge is 0.129 e. The maximum absolute atomic E-state index is 13.3. The number of hydrogen-bond donors (Lipinski definition) is 2. The van der Waals surface area contributed by atoms with Crippen molar-refractivity contribution in [2.24, 2.45) is 11.8 Å². The zero-order chi connectivity index (χ0) is 19.8. The first kappa shape index (κ1) is 22.0. The lowest BCUT2D eigenvalue weighted by Gasteiger charge is -2.23. The minimum atomic E-state index is -0.889. The lowest BCUT2D eigenvalue weighted by atomic mass is 9.85. The van der Waals surface area contributed by atoms with Gasteiger partial charge in [0.1, 0.15) is 17.4 Å². The van der Waals surface area contributed by atoms with Crippen LogP contribution in [0.2, 0.25) is 0 Å². The molecule has 4 atom stereocenters. The van der Waals surface area contributed by atoms with Gasteiger partial charge in [0.15, 0.2) is 0 Å². The van der Waals surface area contributed by atoms with Crippen LogP contribution in [0.4, 0.5) is 8.78 Å². The maximum atomic E-state index is 13.3. The second-order valence-corrected chi connectivity index (χ2v) is 8.02. The Morgan fingerprint density at radius 2 is 1.74 bits per heavy atom. The molecule has 3 nitrogen and oxygen atoms in total. The minimum Gasteiger partial charge on any atom is -0.393 e. The summed E-state index contributed by atoms with van der Waals surface area (Å²) < 4.78 is 26.6. The van der Waals surface area contributed by atoms with E-state index in [1.165, 1.54) is 12.1 Å². The lowest BCUT2D eigenvalue weighted by Crippen LogP contribution is -2.19. The molecule has 1 aromatic carbocycles. The van der Waals surface area contributed by atoms with Crippen LogP contribution >= 0.6 is 0 Å². The van der Waals surface area contributed by atoms with Gasteiger partial charge in [0, 0.05) is 12.5 Å². The van der Waals surface area contributed by atoms with E-state index in [1.807, 2.05) is 0 Å². The van der Waals surface area contributed by atoms with Gasteiger partial charge in [0.2, 0.25) is 0 Å². The first-order chi connectivity index (χ1) is 12.9. The van der Waals surface area contributed by atoms with Gasteiger partial charge in [-0.25, -0.2) is 8.78 Å². The summed E-state index contributed by atoms with van der Waals surface area (Å²) in [6.45, 7) is 1.62. The molecule has 1 saturated carbocycles. The molecule has 0 saturated heterocycles. The molecule has 4 unspecified atom stereocenters. The van der Waals surface area contributed by atoms with Crippen molar-refractivity contribution in [1.82, 2.24) is 0 Å². The van der Waals surface area contributed by atoms with Gasteiger partial charge in [-0.2, -0.15) is 0 Å². The third kappa shape index (κ3) is 7.30. The lowest BCUT2D eigenvalue weighted by molar-refractivity contribution is -0.117. The molecule has 1 aliphatic carbocycles. The van der Waals surface area contributed by atoms with Gasteiger partial charge < -0.3 is 15.0 Å². The maximum Gasteiger partial charge on any atom is 0.129 e. The predicted molar refractivity (Wildman–Crippen MR) is 101 cm³/mol. The fourth-order valence-corrected chi connectivity index (χ4v) is 4.33. The normalized spacial score (nSPS) is 23.5. The summed E-state index contributed by atoms with van der Waals surface area (Å²) in [5.41, 5.74) is 0.271. The molecule has 2 rings (SSSR count). The van der Waals surface area contributed by atoms with Crippen LogP contribution in [0.3, 0.4) is 0 Å². The molecule has 0 heterocycles. The average Bonchev–Trinajstić information content (AvgIpc) is 2.94. The van der Waals surface area contributed by atoms with Gasteiger partial charge in [0.05, 0.1) is 12.2 Å². The minimum absolute atomic E-state index is 0.231. The van der Waals surface area contributed by atoms with Crippen molar-refractivity contribution in [3.8, 4) is 0 Å². The van der Waals surface area contributed by atoms with Gasteiger partial charge in [0.25, 0.3) is 0 Å². The Kier molecular flexibility index (Phi) is 8.84. The SMILES string of the molecule is CC(=O)CCCCCCC1C(O)CCC1CCC(O)c1cc(F)cc(F)c1. The van der Waals surface area contributed by atoms with Gasteiger partial charge in [-0.15, -0.1) is 0 Å². The van der Waals surface area contributed by atoms with Crippen LogP contribution in [-0.2, 0) is 4.79 Å². The number of unbranched alkanes of at least 4 members (excludes halogenated alkanes) is 3. The number of hydrogen-bond acceptors (Lipinski definition) is 3.